The molecule has 2 aromatic rings. The van der Waals surface area contributed by atoms with Crippen LogP contribution in [0, 0.1) is 5.82 Å². The Hall–Kier alpha value is -1.69. The molecule has 0 saturated heterocycles. The fraction of sp³-hybridized carbons (Fsp3) is 0.231. The number of carbonyl (C=O) groups is 1. The summed E-state index contributed by atoms with van der Waals surface area (Å²) in [5, 5.41) is 2.66. The summed E-state index contributed by atoms with van der Waals surface area (Å²) < 4.78 is 15.6. The van der Waals surface area contributed by atoms with E-state index in [0.717, 1.165) is 23.5 Å². The first-order valence-corrected chi connectivity index (χ1v) is 6.73. The zero-order chi connectivity index (χ0) is 13.4. The molecule has 19 heavy (non-hydrogen) atoms. The first-order valence-electron chi connectivity index (χ1n) is 5.94. The van der Waals surface area contributed by atoms with Gasteiger partial charge in [-0.05, 0) is 47.0 Å². The van der Waals surface area contributed by atoms with E-state index in [4.69, 9.17) is 0 Å². The van der Waals surface area contributed by atoms with Crippen molar-refractivity contribution in [2.75, 3.05) is 5.32 Å². The summed E-state index contributed by atoms with van der Waals surface area (Å²) in [6.45, 7) is 0. The normalized spacial score (nSPS) is 14.4. The van der Waals surface area contributed by atoms with Crippen molar-refractivity contribution < 1.29 is 9.18 Å². The van der Waals surface area contributed by atoms with E-state index in [1.165, 1.54) is 12.1 Å². The van der Waals surface area contributed by atoms with Gasteiger partial charge in [-0.15, -0.1) is 0 Å². The number of halogens is 2. The lowest BCUT2D eigenvalue weighted by Crippen LogP contribution is -2.17. The average Bonchev–Trinajstić information content (AvgIpc) is 3.15. The number of pyridine rings is 1. The van der Waals surface area contributed by atoms with Crippen LogP contribution in [0.3, 0.4) is 0 Å². The van der Waals surface area contributed by atoms with E-state index in [0.29, 0.717) is 17.6 Å². The van der Waals surface area contributed by atoms with Gasteiger partial charge < -0.3 is 9.88 Å². The van der Waals surface area contributed by atoms with Gasteiger partial charge >= 0.3 is 0 Å². The van der Waals surface area contributed by atoms with Gasteiger partial charge in [-0.1, -0.05) is 0 Å². The Labute approximate surface area is 117 Å². The highest BCUT2D eigenvalue weighted by molar-refractivity contribution is 9.10. The summed E-state index contributed by atoms with van der Waals surface area (Å²) in [6, 6.07) is 4.88. The highest BCUT2D eigenvalue weighted by Gasteiger charge is 2.27. The number of rotatable bonds is 3. The van der Waals surface area contributed by atoms with Crippen LogP contribution in [0.15, 0.2) is 35.1 Å². The van der Waals surface area contributed by atoms with Crippen LogP contribution < -0.4 is 5.32 Å². The molecule has 0 spiro atoms. The first-order chi connectivity index (χ1) is 9.13. The van der Waals surface area contributed by atoms with Crippen LogP contribution in [0.25, 0.3) is 0 Å². The number of nitrogens with one attached hydrogen (secondary N) is 1. The Morgan fingerprint density at radius 1 is 1.47 bits per heavy atom. The van der Waals surface area contributed by atoms with Gasteiger partial charge in [-0.2, -0.15) is 0 Å². The minimum absolute atomic E-state index is 0.239. The fourth-order valence-electron chi connectivity index (χ4n) is 1.91. The molecular weight excluding hydrogens is 313 g/mol. The summed E-state index contributed by atoms with van der Waals surface area (Å²) in [5.74, 6) is -0.329. The molecule has 0 aromatic carbocycles. The van der Waals surface area contributed by atoms with Crippen molar-refractivity contribution in [1.29, 1.82) is 0 Å². The predicted molar refractivity (Wildman–Crippen MR) is 72.6 cm³/mol. The number of aromatic nitrogens is 2. The Bertz CT molecular complexity index is 619. The van der Waals surface area contributed by atoms with Crippen molar-refractivity contribution in [1.82, 2.24) is 9.55 Å². The zero-order valence-corrected chi connectivity index (χ0v) is 11.5. The Morgan fingerprint density at radius 3 is 2.89 bits per heavy atom. The number of anilines is 1. The second-order valence-electron chi connectivity index (χ2n) is 4.50. The van der Waals surface area contributed by atoms with Gasteiger partial charge in [-0.25, -0.2) is 9.37 Å². The highest BCUT2D eigenvalue weighted by atomic mass is 79.9. The summed E-state index contributed by atoms with van der Waals surface area (Å²) in [4.78, 5) is 16.0. The van der Waals surface area contributed by atoms with Crippen molar-refractivity contribution in [2.45, 2.75) is 18.9 Å². The largest absolute Gasteiger partial charge is 0.339 e. The van der Waals surface area contributed by atoms with Crippen LogP contribution in [-0.4, -0.2) is 15.5 Å². The first kappa shape index (κ1) is 12.3. The average molecular weight is 324 g/mol. The second-order valence-corrected chi connectivity index (χ2v) is 5.41. The van der Waals surface area contributed by atoms with Crippen LogP contribution in [0.1, 0.15) is 29.4 Å². The molecular formula is C13H11BrFN3O. The standard InChI is InChI=1S/C13H11BrFN3O/c14-8-5-11(18(7-8)10-2-3-10)13(19)17-12-4-1-9(15)6-16-12/h1,4-7,10H,2-3H2,(H,16,17,19). The van der Waals surface area contributed by atoms with Crippen molar-refractivity contribution in [3.63, 3.8) is 0 Å². The predicted octanol–water partition coefficient (Wildman–Crippen LogP) is 3.37. The maximum atomic E-state index is 12.7. The number of hydrogen-bond acceptors (Lipinski definition) is 2. The zero-order valence-electron chi connectivity index (χ0n) is 9.94. The molecule has 0 unspecified atom stereocenters. The van der Waals surface area contributed by atoms with Crippen molar-refractivity contribution in [3.8, 4) is 0 Å². The SMILES string of the molecule is O=C(Nc1ccc(F)cn1)c1cc(Br)cn1C1CC1. The molecule has 1 N–H and O–H groups in total. The molecule has 3 rings (SSSR count). The molecule has 1 aliphatic carbocycles. The van der Waals surface area contributed by atoms with Gasteiger partial charge in [0, 0.05) is 16.7 Å². The van der Waals surface area contributed by atoms with Gasteiger partial charge in [0.05, 0.1) is 6.20 Å². The molecule has 0 atom stereocenters. The molecule has 1 amide bonds. The Morgan fingerprint density at radius 2 is 2.26 bits per heavy atom. The van der Waals surface area contributed by atoms with E-state index in [1.54, 1.807) is 6.07 Å². The molecule has 2 heterocycles. The molecule has 1 aliphatic rings. The second kappa shape index (κ2) is 4.77. The van der Waals surface area contributed by atoms with E-state index in [2.05, 4.69) is 26.2 Å². The van der Waals surface area contributed by atoms with Crippen LogP contribution >= 0.6 is 15.9 Å². The molecule has 0 radical (unpaired) electrons. The van der Waals surface area contributed by atoms with Gasteiger partial charge in [-0.3, -0.25) is 4.79 Å². The van der Waals surface area contributed by atoms with Crippen LogP contribution in [0.2, 0.25) is 0 Å². The molecule has 6 heteroatoms. The fourth-order valence-corrected chi connectivity index (χ4v) is 2.35. The third-order valence-corrected chi connectivity index (χ3v) is 3.39. The van der Waals surface area contributed by atoms with E-state index in [-0.39, 0.29) is 5.91 Å². The summed E-state index contributed by atoms with van der Waals surface area (Å²) in [7, 11) is 0. The minimum atomic E-state index is -0.429. The highest BCUT2D eigenvalue weighted by Crippen LogP contribution is 2.37. The van der Waals surface area contributed by atoms with Gasteiger partial charge in [0.1, 0.15) is 17.3 Å². The smallest absolute Gasteiger partial charge is 0.273 e. The summed E-state index contributed by atoms with van der Waals surface area (Å²) >= 11 is 3.38. The van der Waals surface area contributed by atoms with Crippen LogP contribution in [0.4, 0.5) is 10.2 Å². The quantitative estimate of drug-likeness (QED) is 0.941. The van der Waals surface area contributed by atoms with Crippen molar-refractivity contribution in [3.05, 3.63) is 46.6 Å². The maximum absolute atomic E-state index is 12.7. The number of hydrogen-bond donors (Lipinski definition) is 1. The Balaban J connectivity index is 1.82. The van der Waals surface area contributed by atoms with Gasteiger partial charge in [0.2, 0.25) is 0 Å². The number of amides is 1. The lowest BCUT2D eigenvalue weighted by molar-refractivity contribution is 0.101. The Kier molecular flexibility index (Phi) is 3.10. The van der Waals surface area contributed by atoms with E-state index in [9.17, 15) is 9.18 Å². The van der Waals surface area contributed by atoms with E-state index in [1.807, 2.05) is 10.8 Å². The lowest BCUT2D eigenvalue weighted by Gasteiger charge is -2.07. The summed E-state index contributed by atoms with van der Waals surface area (Å²) in [5.41, 5.74) is 0.584. The molecule has 98 valence electrons. The monoisotopic (exact) mass is 323 g/mol. The van der Waals surface area contributed by atoms with Crippen molar-refractivity contribution >= 4 is 27.7 Å². The molecule has 1 fully saturated rings. The molecule has 2 aromatic heterocycles. The van der Waals surface area contributed by atoms with E-state index >= 15 is 0 Å². The summed E-state index contributed by atoms with van der Waals surface area (Å²) in [6.07, 6.45) is 5.17. The van der Waals surface area contributed by atoms with Gasteiger partial charge in [0.15, 0.2) is 0 Å². The van der Waals surface area contributed by atoms with Gasteiger partial charge in [0.25, 0.3) is 5.91 Å². The van der Waals surface area contributed by atoms with E-state index < -0.39 is 5.82 Å². The topological polar surface area (TPSA) is 46.9 Å². The third kappa shape index (κ3) is 2.68. The molecule has 1 saturated carbocycles. The van der Waals surface area contributed by atoms with Crippen LogP contribution in [0.5, 0.6) is 0 Å². The molecule has 0 bridgehead atoms. The minimum Gasteiger partial charge on any atom is -0.339 e. The number of carbonyl (C=O) groups excluding carboxylic acids is 1. The molecule has 0 aliphatic heterocycles. The van der Waals surface area contributed by atoms with Crippen molar-refractivity contribution in [2.24, 2.45) is 0 Å². The molecule has 4 nitrogen and oxygen atoms in total. The number of nitrogens with zero attached hydrogens (tertiary/aromatic N) is 2. The third-order valence-electron chi connectivity index (χ3n) is 2.96. The maximum Gasteiger partial charge on any atom is 0.273 e. The lowest BCUT2D eigenvalue weighted by atomic mass is 10.3. The van der Waals surface area contributed by atoms with Crippen LogP contribution in [-0.2, 0) is 0 Å².